The van der Waals surface area contributed by atoms with Crippen molar-refractivity contribution >= 4 is 26.8 Å². The maximum absolute atomic E-state index is 12.8. The first kappa shape index (κ1) is 20.5. The molecule has 152 valence electrons. The van der Waals surface area contributed by atoms with E-state index in [0.29, 0.717) is 37.1 Å². The number of rotatable bonds is 7. The average molecular weight is 407 g/mol. The Morgan fingerprint density at radius 3 is 2.68 bits per heavy atom. The quantitative estimate of drug-likeness (QED) is 0.722. The summed E-state index contributed by atoms with van der Waals surface area (Å²) in [6.07, 6.45) is 1.81. The molecular weight excluding hydrogens is 382 g/mol. The predicted molar refractivity (Wildman–Crippen MR) is 106 cm³/mol. The summed E-state index contributed by atoms with van der Waals surface area (Å²) < 4.78 is 32.5. The summed E-state index contributed by atoms with van der Waals surface area (Å²) in [5, 5.41) is 3.17. The molecule has 1 aliphatic rings. The van der Waals surface area contributed by atoms with Crippen molar-refractivity contribution in [3.05, 3.63) is 40.2 Å². The Labute approximate surface area is 163 Å². The molecule has 0 spiro atoms. The zero-order valence-corrected chi connectivity index (χ0v) is 16.8. The molecule has 0 bridgehead atoms. The van der Waals surface area contributed by atoms with Crippen LogP contribution in [0.25, 0.3) is 10.9 Å². The molecule has 3 rings (SSSR count). The highest BCUT2D eigenvalue weighted by Gasteiger charge is 2.23. The number of aromatic amines is 1. The Hall–Kier alpha value is -2.23. The van der Waals surface area contributed by atoms with Crippen LogP contribution in [-0.2, 0) is 14.8 Å². The summed E-state index contributed by atoms with van der Waals surface area (Å²) >= 11 is 0. The fraction of sp³-hybridized carbons (Fsp3) is 0.474. The first-order valence-corrected chi connectivity index (χ1v) is 10.9. The zero-order chi connectivity index (χ0) is 20.3. The lowest BCUT2D eigenvalue weighted by Crippen LogP contribution is -2.32. The predicted octanol–water partition coefficient (Wildman–Crippen LogP) is 1.47. The van der Waals surface area contributed by atoms with Gasteiger partial charge < -0.3 is 15.0 Å². The van der Waals surface area contributed by atoms with Gasteiger partial charge in [0.15, 0.2) is 0 Å². The van der Waals surface area contributed by atoms with Crippen LogP contribution in [0.5, 0.6) is 0 Å². The molecule has 0 radical (unpaired) electrons. The van der Waals surface area contributed by atoms with Gasteiger partial charge in [-0.05, 0) is 31.0 Å². The van der Waals surface area contributed by atoms with Gasteiger partial charge in [-0.1, -0.05) is 13.8 Å². The van der Waals surface area contributed by atoms with Crippen LogP contribution in [0.1, 0.15) is 37.0 Å². The molecule has 0 unspecified atom stereocenters. The number of nitrogens with one attached hydrogen (secondary N) is 2. The summed E-state index contributed by atoms with van der Waals surface area (Å²) in [7, 11) is -3.68. The monoisotopic (exact) mass is 407 g/mol. The highest BCUT2D eigenvalue weighted by atomic mass is 32.2. The van der Waals surface area contributed by atoms with Gasteiger partial charge in [0.1, 0.15) is 0 Å². The highest BCUT2D eigenvalue weighted by Crippen LogP contribution is 2.23. The number of carbonyl (C=O) groups excluding carboxylic acids is 1. The minimum Gasteiger partial charge on any atom is -0.376 e. The van der Waals surface area contributed by atoms with Crippen LogP contribution in [0.4, 0.5) is 0 Å². The van der Waals surface area contributed by atoms with E-state index < -0.39 is 21.5 Å². The van der Waals surface area contributed by atoms with Crippen molar-refractivity contribution in [2.24, 2.45) is 0 Å². The Morgan fingerprint density at radius 2 is 2.04 bits per heavy atom. The van der Waals surface area contributed by atoms with E-state index in [4.69, 9.17) is 4.74 Å². The maximum Gasteiger partial charge on any atom is 0.252 e. The van der Waals surface area contributed by atoms with E-state index in [1.807, 2.05) is 0 Å². The molecule has 1 saturated heterocycles. The second-order valence-corrected chi connectivity index (χ2v) is 8.63. The number of aromatic nitrogens is 1. The minimum absolute atomic E-state index is 0.0317. The van der Waals surface area contributed by atoms with E-state index >= 15 is 0 Å². The first-order valence-electron chi connectivity index (χ1n) is 9.43. The van der Waals surface area contributed by atoms with E-state index in [-0.39, 0.29) is 16.6 Å². The molecule has 0 saturated carbocycles. The van der Waals surface area contributed by atoms with Crippen molar-refractivity contribution in [2.75, 3.05) is 26.2 Å². The van der Waals surface area contributed by atoms with E-state index in [9.17, 15) is 18.0 Å². The van der Waals surface area contributed by atoms with E-state index in [2.05, 4.69) is 10.3 Å². The Kier molecular flexibility index (Phi) is 6.17. The van der Waals surface area contributed by atoms with Gasteiger partial charge in [-0.3, -0.25) is 9.59 Å². The number of H-pyrrole nitrogens is 1. The van der Waals surface area contributed by atoms with Crippen molar-refractivity contribution in [1.82, 2.24) is 14.6 Å². The van der Waals surface area contributed by atoms with Crippen molar-refractivity contribution < 1.29 is 17.9 Å². The fourth-order valence-corrected chi connectivity index (χ4v) is 4.89. The van der Waals surface area contributed by atoms with Crippen LogP contribution in [0.15, 0.2) is 34.0 Å². The molecule has 2 aromatic rings. The number of pyridine rings is 1. The highest BCUT2D eigenvalue weighted by molar-refractivity contribution is 7.89. The normalized spacial score (nSPS) is 17.3. The molecule has 9 heteroatoms. The van der Waals surface area contributed by atoms with Gasteiger partial charge in [-0.2, -0.15) is 4.31 Å². The van der Waals surface area contributed by atoms with E-state index in [1.165, 1.54) is 28.6 Å². The molecule has 2 heterocycles. The molecule has 1 atom stereocenters. The number of amides is 1. The zero-order valence-electron chi connectivity index (χ0n) is 16.0. The van der Waals surface area contributed by atoms with Gasteiger partial charge in [0.2, 0.25) is 15.6 Å². The maximum atomic E-state index is 12.8. The van der Waals surface area contributed by atoms with Crippen LogP contribution in [-0.4, -0.2) is 56.0 Å². The molecule has 1 amide bonds. The first-order chi connectivity index (χ1) is 13.4. The molecule has 8 nitrogen and oxygen atoms in total. The molecule has 0 aliphatic carbocycles. The third-order valence-corrected chi connectivity index (χ3v) is 6.96. The number of benzene rings is 1. The molecular formula is C19H25N3O5S. The molecule has 1 aliphatic heterocycles. The van der Waals surface area contributed by atoms with Crippen LogP contribution in [0.2, 0.25) is 0 Å². The van der Waals surface area contributed by atoms with Gasteiger partial charge in [0.25, 0.3) is 5.91 Å². The third-order valence-electron chi connectivity index (χ3n) is 4.92. The van der Waals surface area contributed by atoms with Crippen LogP contribution in [0, 0.1) is 0 Å². The number of carbonyl (C=O) groups is 1. The average Bonchev–Trinajstić information content (AvgIpc) is 3.19. The van der Waals surface area contributed by atoms with Crippen molar-refractivity contribution in [3.63, 3.8) is 0 Å². The molecule has 1 aromatic carbocycles. The lowest BCUT2D eigenvalue weighted by atomic mass is 10.1. The smallest absolute Gasteiger partial charge is 0.252 e. The van der Waals surface area contributed by atoms with E-state index in [1.54, 1.807) is 13.8 Å². The molecule has 2 N–H and O–H groups in total. The van der Waals surface area contributed by atoms with Gasteiger partial charge in [0.05, 0.1) is 16.6 Å². The topological polar surface area (TPSA) is 109 Å². The van der Waals surface area contributed by atoms with Gasteiger partial charge >= 0.3 is 0 Å². The van der Waals surface area contributed by atoms with Gasteiger partial charge in [0, 0.05) is 43.2 Å². The third kappa shape index (κ3) is 4.11. The largest absolute Gasteiger partial charge is 0.376 e. The number of sulfonamides is 1. The molecule has 1 aromatic heterocycles. The lowest BCUT2D eigenvalue weighted by molar-refractivity contribution is 0.0859. The van der Waals surface area contributed by atoms with Crippen molar-refractivity contribution in [3.8, 4) is 0 Å². The summed E-state index contributed by atoms with van der Waals surface area (Å²) in [6, 6.07) is 5.60. The summed E-state index contributed by atoms with van der Waals surface area (Å²) in [5.41, 5.74) is 0.135. The number of hydrogen-bond acceptors (Lipinski definition) is 5. The number of fused-ring (bicyclic) bond motifs is 1. The minimum atomic E-state index is -3.68. The second-order valence-electron chi connectivity index (χ2n) is 6.69. The van der Waals surface area contributed by atoms with Gasteiger partial charge in [-0.25, -0.2) is 8.42 Å². The second kappa shape index (κ2) is 8.42. The van der Waals surface area contributed by atoms with Crippen molar-refractivity contribution in [1.29, 1.82) is 0 Å². The SMILES string of the molecule is CCN(CC)S(=O)(=O)c1ccc2[nH]c(=O)cc(C(=O)NC[C@H]3CCCO3)c2c1. The number of hydrogen-bond donors (Lipinski definition) is 2. The summed E-state index contributed by atoms with van der Waals surface area (Å²) in [5.74, 6) is -0.427. The van der Waals surface area contributed by atoms with Crippen LogP contribution >= 0.6 is 0 Å². The van der Waals surface area contributed by atoms with E-state index in [0.717, 1.165) is 12.8 Å². The number of nitrogens with zero attached hydrogens (tertiary/aromatic N) is 1. The Balaban J connectivity index is 1.99. The lowest BCUT2D eigenvalue weighted by Gasteiger charge is -2.19. The summed E-state index contributed by atoms with van der Waals surface area (Å²) in [4.78, 5) is 27.4. The standard InChI is InChI=1S/C19H25N3O5S/c1-3-22(4-2)28(25,26)14-7-8-17-15(10-14)16(11-18(23)21-17)19(24)20-12-13-6-5-9-27-13/h7-8,10-11,13H,3-6,9,12H2,1-2H3,(H,20,24)(H,21,23)/t13-/m1/s1. The summed E-state index contributed by atoms with van der Waals surface area (Å²) in [6.45, 7) is 5.26. The van der Waals surface area contributed by atoms with Gasteiger partial charge in [-0.15, -0.1) is 0 Å². The number of ether oxygens (including phenoxy) is 1. The van der Waals surface area contributed by atoms with Crippen LogP contribution < -0.4 is 10.9 Å². The molecule has 28 heavy (non-hydrogen) atoms. The van der Waals surface area contributed by atoms with Crippen molar-refractivity contribution in [2.45, 2.75) is 37.7 Å². The Bertz CT molecular complexity index is 1020. The molecule has 1 fully saturated rings. The Morgan fingerprint density at radius 1 is 1.29 bits per heavy atom. The fourth-order valence-electron chi connectivity index (χ4n) is 3.40. The van der Waals surface area contributed by atoms with Crippen LogP contribution in [0.3, 0.4) is 0 Å².